The number of carbonyl (C=O) groups is 1. The molecular weight excluding hydrogens is 242 g/mol. The zero-order valence-corrected chi connectivity index (χ0v) is 11.9. The van der Waals surface area contributed by atoms with Gasteiger partial charge in [-0.25, -0.2) is 0 Å². The summed E-state index contributed by atoms with van der Waals surface area (Å²) in [5, 5.41) is 7.07. The van der Waals surface area contributed by atoms with Crippen molar-refractivity contribution in [1.29, 1.82) is 0 Å². The van der Waals surface area contributed by atoms with Crippen LogP contribution in [0, 0.1) is 6.92 Å². The third kappa shape index (κ3) is 3.07. The standard InChI is InChI=1S/C13H23N5O/c1-4-18(10-5-6-10)8-7-15-13(19)12-11(14)9(2)16-17(12)3/h10H,4-8,14H2,1-3H3,(H,15,19). The van der Waals surface area contributed by atoms with E-state index in [1.54, 1.807) is 18.7 Å². The van der Waals surface area contributed by atoms with Gasteiger partial charge in [-0.05, 0) is 26.3 Å². The van der Waals surface area contributed by atoms with E-state index in [-0.39, 0.29) is 5.91 Å². The minimum Gasteiger partial charge on any atom is -0.395 e. The minimum absolute atomic E-state index is 0.146. The lowest BCUT2D eigenvalue weighted by Gasteiger charge is -2.19. The predicted octanol–water partition coefficient (Wildman–Crippen LogP) is 0.525. The summed E-state index contributed by atoms with van der Waals surface area (Å²) < 4.78 is 1.54. The highest BCUT2D eigenvalue weighted by atomic mass is 16.2. The van der Waals surface area contributed by atoms with Crippen LogP contribution >= 0.6 is 0 Å². The second-order valence-electron chi connectivity index (χ2n) is 5.09. The average Bonchev–Trinajstić information content (AvgIpc) is 3.15. The summed E-state index contributed by atoms with van der Waals surface area (Å²) in [7, 11) is 1.74. The van der Waals surface area contributed by atoms with Gasteiger partial charge in [-0.2, -0.15) is 5.10 Å². The van der Waals surface area contributed by atoms with Crippen LogP contribution < -0.4 is 11.1 Å². The Kier molecular flexibility index (Phi) is 4.09. The number of hydrogen-bond acceptors (Lipinski definition) is 4. The van der Waals surface area contributed by atoms with Crippen molar-refractivity contribution in [3.05, 3.63) is 11.4 Å². The summed E-state index contributed by atoms with van der Waals surface area (Å²) in [4.78, 5) is 14.5. The van der Waals surface area contributed by atoms with Gasteiger partial charge in [0.1, 0.15) is 5.69 Å². The maximum atomic E-state index is 12.1. The average molecular weight is 265 g/mol. The molecule has 0 aromatic carbocycles. The van der Waals surface area contributed by atoms with E-state index in [0.29, 0.717) is 23.6 Å². The molecule has 1 aliphatic carbocycles. The molecule has 0 saturated heterocycles. The maximum absolute atomic E-state index is 12.1. The molecule has 0 bridgehead atoms. The molecule has 1 fully saturated rings. The topological polar surface area (TPSA) is 76.2 Å². The number of rotatable bonds is 6. The van der Waals surface area contributed by atoms with E-state index in [2.05, 4.69) is 22.2 Å². The van der Waals surface area contributed by atoms with Gasteiger partial charge in [-0.15, -0.1) is 0 Å². The third-order valence-corrected chi connectivity index (χ3v) is 3.64. The second kappa shape index (κ2) is 5.61. The molecular formula is C13H23N5O. The molecule has 1 aliphatic rings. The highest BCUT2D eigenvalue weighted by molar-refractivity contribution is 5.97. The lowest BCUT2D eigenvalue weighted by molar-refractivity contribution is 0.0939. The Balaban J connectivity index is 1.87. The summed E-state index contributed by atoms with van der Waals surface area (Å²) >= 11 is 0. The van der Waals surface area contributed by atoms with E-state index >= 15 is 0 Å². The van der Waals surface area contributed by atoms with Crippen molar-refractivity contribution in [1.82, 2.24) is 20.0 Å². The van der Waals surface area contributed by atoms with Crippen molar-refractivity contribution in [2.75, 3.05) is 25.4 Å². The second-order valence-corrected chi connectivity index (χ2v) is 5.09. The van der Waals surface area contributed by atoms with Crippen LogP contribution in [-0.4, -0.2) is 46.3 Å². The first-order valence-corrected chi connectivity index (χ1v) is 6.86. The number of amides is 1. The molecule has 0 radical (unpaired) electrons. The van der Waals surface area contributed by atoms with Crippen molar-refractivity contribution < 1.29 is 4.79 Å². The number of carbonyl (C=O) groups excluding carboxylic acids is 1. The monoisotopic (exact) mass is 265 g/mol. The zero-order chi connectivity index (χ0) is 14.0. The Morgan fingerprint density at radius 2 is 2.26 bits per heavy atom. The Morgan fingerprint density at radius 1 is 1.58 bits per heavy atom. The van der Waals surface area contributed by atoms with E-state index in [4.69, 9.17) is 5.73 Å². The quantitative estimate of drug-likeness (QED) is 0.786. The third-order valence-electron chi connectivity index (χ3n) is 3.64. The molecule has 0 unspecified atom stereocenters. The summed E-state index contributed by atoms with van der Waals surface area (Å²) in [5.74, 6) is -0.146. The minimum atomic E-state index is -0.146. The van der Waals surface area contributed by atoms with Gasteiger partial charge in [-0.1, -0.05) is 6.92 Å². The fourth-order valence-corrected chi connectivity index (χ4v) is 2.38. The lowest BCUT2D eigenvalue weighted by atomic mass is 10.3. The highest BCUT2D eigenvalue weighted by Crippen LogP contribution is 2.25. The number of hydrogen-bond donors (Lipinski definition) is 2. The Morgan fingerprint density at radius 3 is 2.74 bits per heavy atom. The highest BCUT2D eigenvalue weighted by Gasteiger charge is 2.27. The van der Waals surface area contributed by atoms with E-state index < -0.39 is 0 Å². The lowest BCUT2D eigenvalue weighted by Crippen LogP contribution is -2.36. The number of nitrogens with zero attached hydrogens (tertiary/aromatic N) is 3. The van der Waals surface area contributed by atoms with Gasteiger partial charge < -0.3 is 11.1 Å². The number of aromatic nitrogens is 2. The zero-order valence-electron chi connectivity index (χ0n) is 11.9. The molecule has 2 rings (SSSR count). The number of anilines is 1. The number of aryl methyl sites for hydroxylation is 2. The van der Waals surface area contributed by atoms with Crippen LogP contribution in [-0.2, 0) is 7.05 Å². The van der Waals surface area contributed by atoms with Gasteiger partial charge in [0.2, 0.25) is 0 Å². The SMILES string of the molecule is CCN(CCNC(=O)c1c(N)c(C)nn1C)C1CC1. The van der Waals surface area contributed by atoms with Crippen LogP contribution in [0.4, 0.5) is 5.69 Å². The van der Waals surface area contributed by atoms with E-state index in [9.17, 15) is 4.79 Å². The first-order valence-electron chi connectivity index (χ1n) is 6.86. The maximum Gasteiger partial charge on any atom is 0.271 e. The first kappa shape index (κ1) is 13.9. The first-order chi connectivity index (χ1) is 9.04. The molecule has 106 valence electrons. The van der Waals surface area contributed by atoms with Crippen LogP contribution in [0.25, 0.3) is 0 Å². The van der Waals surface area contributed by atoms with E-state index in [1.165, 1.54) is 12.8 Å². The van der Waals surface area contributed by atoms with Crippen molar-refractivity contribution in [2.24, 2.45) is 7.05 Å². The van der Waals surface area contributed by atoms with E-state index in [0.717, 1.165) is 19.1 Å². The number of nitrogens with one attached hydrogen (secondary N) is 1. The molecule has 19 heavy (non-hydrogen) atoms. The van der Waals surface area contributed by atoms with Crippen molar-refractivity contribution >= 4 is 11.6 Å². The molecule has 3 N–H and O–H groups in total. The fraction of sp³-hybridized carbons (Fsp3) is 0.692. The number of likely N-dealkylation sites (N-methyl/N-ethyl adjacent to an activating group) is 1. The molecule has 1 amide bonds. The summed E-state index contributed by atoms with van der Waals surface area (Å²) in [5.41, 5.74) is 7.48. The van der Waals surface area contributed by atoms with Gasteiger partial charge in [-0.3, -0.25) is 14.4 Å². The normalized spacial score (nSPS) is 14.9. The van der Waals surface area contributed by atoms with Gasteiger partial charge in [0, 0.05) is 26.2 Å². The molecule has 1 aromatic rings. The molecule has 1 saturated carbocycles. The molecule has 0 spiro atoms. The molecule has 0 aliphatic heterocycles. The van der Waals surface area contributed by atoms with Crippen LogP contribution in [0.5, 0.6) is 0 Å². The van der Waals surface area contributed by atoms with Crippen molar-refractivity contribution in [3.63, 3.8) is 0 Å². The Labute approximate surface area is 113 Å². The molecule has 1 aromatic heterocycles. The largest absolute Gasteiger partial charge is 0.395 e. The van der Waals surface area contributed by atoms with Crippen LogP contribution in [0.2, 0.25) is 0 Å². The molecule has 6 nitrogen and oxygen atoms in total. The van der Waals surface area contributed by atoms with Crippen LogP contribution in [0.3, 0.4) is 0 Å². The van der Waals surface area contributed by atoms with E-state index in [1.807, 2.05) is 0 Å². The molecule has 0 atom stereocenters. The van der Waals surface area contributed by atoms with Gasteiger partial charge in [0.15, 0.2) is 0 Å². The summed E-state index contributed by atoms with van der Waals surface area (Å²) in [6.45, 7) is 6.53. The summed E-state index contributed by atoms with van der Waals surface area (Å²) in [6.07, 6.45) is 2.57. The smallest absolute Gasteiger partial charge is 0.271 e. The Bertz CT molecular complexity index is 464. The number of nitrogen functional groups attached to an aromatic ring is 1. The number of nitrogens with two attached hydrogens (primary N) is 1. The van der Waals surface area contributed by atoms with Crippen molar-refractivity contribution in [2.45, 2.75) is 32.7 Å². The Hall–Kier alpha value is -1.56. The van der Waals surface area contributed by atoms with Gasteiger partial charge in [0.25, 0.3) is 5.91 Å². The van der Waals surface area contributed by atoms with Crippen LogP contribution in [0.15, 0.2) is 0 Å². The van der Waals surface area contributed by atoms with Crippen molar-refractivity contribution in [3.8, 4) is 0 Å². The predicted molar refractivity (Wildman–Crippen MR) is 75.0 cm³/mol. The fourth-order valence-electron chi connectivity index (χ4n) is 2.38. The van der Waals surface area contributed by atoms with Gasteiger partial charge in [0.05, 0.1) is 11.4 Å². The molecule has 1 heterocycles. The summed E-state index contributed by atoms with van der Waals surface area (Å²) in [6, 6.07) is 0.728. The van der Waals surface area contributed by atoms with Crippen LogP contribution in [0.1, 0.15) is 35.9 Å². The molecule has 6 heteroatoms. The van der Waals surface area contributed by atoms with Gasteiger partial charge >= 0.3 is 0 Å².